The summed E-state index contributed by atoms with van der Waals surface area (Å²) in [6.45, 7) is 0.927. The van der Waals surface area contributed by atoms with Crippen LogP contribution in [-0.4, -0.2) is 33.7 Å². The van der Waals surface area contributed by atoms with Crippen LogP contribution in [-0.2, 0) is 6.54 Å². The molecule has 1 aromatic carbocycles. The molecule has 0 spiro atoms. The second-order valence-corrected chi connectivity index (χ2v) is 3.70. The first-order valence-corrected chi connectivity index (χ1v) is 5.28. The summed E-state index contributed by atoms with van der Waals surface area (Å²) in [6, 6.07) is 1.71. The van der Waals surface area contributed by atoms with Gasteiger partial charge < -0.3 is 19.5 Å². The van der Waals surface area contributed by atoms with Gasteiger partial charge in [0.25, 0.3) is 0 Å². The number of methoxy groups -OCH3 is 3. The number of nitrogens with one attached hydrogen (secondary N) is 1. The third-order valence-electron chi connectivity index (χ3n) is 2.82. The van der Waals surface area contributed by atoms with Gasteiger partial charge in [0, 0.05) is 17.7 Å². The fraction of sp³-hybridized carbons (Fsp3) is 0.417. The summed E-state index contributed by atoms with van der Waals surface area (Å²) in [5.41, 5.74) is 1.46. The molecule has 5 heteroatoms. The topological polar surface area (TPSA) is 56.8 Å². The number of benzene rings is 1. The van der Waals surface area contributed by atoms with Crippen molar-refractivity contribution in [2.45, 2.75) is 6.54 Å². The van der Waals surface area contributed by atoms with Crippen molar-refractivity contribution >= 4 is 5.78 Å². The maximum Gasteiger partial charge on any atom is 0.203 e. The molecule has 92 valence electrons. The molecule has 17 heavy (non-hydrogen) atoms. The Hall–Kier alpha value is -1.75. The maximum absolute atomic E-state index is 11.8. The van der Waals surface area contributed by atoms with Gasteiger partial charge in [-0.05, 0) is 6.07 Å². The lowest BCUT2D eigenvalue weighted by Crippen LogP contribution is -2.30. The Bertz CT molecular complexity index is 456. The Morgan fingerprint density at radius 2 is 1.76 bits per heavy atom. The molecular weight excluding hydrogens is 222 g/mol. The highest BCUT2D eigenvalue weighted by Gasteiger charge is 2.26. The number of ether oxygens (including phenoxy) is 3. The van der Waals surface area contributed by atoms with Crippen LogP contribution in [0.25, 0.3) is 0 Å². The largest absolute Gasteiger partial charge is 0.493 e. The van der Waals surface area contributed by atoms with Crippen LogP contribution < -0.4 is 19.5 Å². The van der Waals surface area contributed by atoms with E-state index in [4.69, 9.17) is 14.2 Å². The molecule has 1 aromatic rings. The van der Waals surface area contributed by atoms with Crippen molar-refractivity contribution in [3.8, 4) is 17.2 Å². The van der Waals surface area contributed by atoms with Crippen molar-refractivity contribution in [2.75, 3.05) is 27.9 Å². The van der Waals surface area contributed by atoms with E-state index >= 15 is 0 Å². The van der Waals surface area contributed by atoms with E-state index in [1.165, 1.54) is 7.11 Å². The molecular formula is C12H15NO4. The van der Waals surface area contributed by atoms with Crippen LogP contribution in [0.3, 0.4) is 0 Å². The van der Waals surface area contributed by atoms with E-state index < -0.39 is 0 Å². The highest BCUT2D eigenvalue weighted by atomic mass is 16.5. The molecule has 0 amide bonds. The molecule has 0 radical (unpaired) electrons. The lowest BCUT2D eigenvalue weighted by molar-refractivity contribution is 0.0980. The fourth-order valence-corrected chi connectivity index (χ4v) is 2.04. The fourth-order valence-electron chi connectivity index (χ4n) is 2.04. The highest BCUT2D eigenvalue weighted by molar-refractivity contribution is 6.01. The Kier molecular flexibility index (Phi) is 3.19. The van der Waals surface area contributed by atoms with Gasteiger partial charge in [-0.3, -0.25) is 4.79 Å². The summed E-state index contributed by atoms with van der Waals surface area (Å²) >= 11 is 0. The number of carbonyl (C=O) groups is 1. The summed E-state index contributed by atoms with van der Waals surface area (Å²) in [4.78, 5) is 11.8. The standard InChI is InChI=1S/C12H15NO4/c1-15-10-4-7-8(5-13-6-9(7)14)11(16-2)12(10)17-3/h4,13H,5-6H2,1-3H3. The molecule has 1 N–H and O–H groups in total. The van der Waals surface area contributed by atoms with Gasteiger partial charge in [0.05, 0.1) is 27.9 Å². The monoisotopic (exact) mass is 237 g/mol. The maximum atomic E-state index is 11.8. The first-order chi connectivity index (χ1) is 8.22. The van der Waals surface area contributed by atoms with Gasteiger partial charge in [-0.2, -0.15) is 0 Å². The molecule has 0 aromatic heterocycles. The Morgan fingerprint density at radius 3 is 2.35 bits per heavy atom. The molecule has 1 aliphatic rings. The molecule has 2 rings (SSSR count). The third-order valence-corrected chi connectivity index (χ3v) is 2.82. The molecule has 0 unspecified atom stereocenters. The minimum Gasteiger partial charge on any atom is -0.493 e. The minimum atomic E-state index is 0.0329. The van der Waals surface area contributed by atoms with Crippen LogP contribution >= 0.6 is 0 Å². The van der Waals surface area contributed by atoms with E-state index in [-0.39, 0.29) is 5.78 Å². The van der Waals surface area contributed by atoms with Crippen molar-refractivity contribution in [1.82, 2.24) is 5.32 Å². The number of hydrogen-bond acceptors (Lipinski definition) is 5. The summed E-state index contributed by atoms with van der Waals surface area (Å²) in [5.74, 6) is 1.62. The number of carbonyl (C=O) groups excluding carboxylic acids is 1. The molecule has 1 aliphatic heterocycles. The molecule has 0 aliphatic carbocycles. The predicted octanol–water partition coefficient (Wildman–Crippen LogP) is 0.998. The van der Waals surface area contributed by atoms with Crippen LogP contribution in [0.5, 0.6) is 17.2 Å². The van der Waals surface area contributed by atoms with E-state index in [0.717, 1.165) is 5.56 Å². The summed E-state index contributed by atoms with van der Waals surface area (Å²) in [6.07, 6.45) is 0. The molecule has 0 saturated carbocycles. The average molecular weight is 237 g/mol. The minimum absolute atomic E-state index is 0.0329. The zero-order valence-corrected chi connectivity index (χ0v) is 10.1. The van der Waals surface area contributed by atoms with Gasteiger partial charge in [-0.25, -0.2) is 0 Å². The van der Waals surface area contributed by atoms with Crippen LogP contribution in [0.15, 0.2) is 6.07 Å². The zero-order valence-electron chi connectivity index (χ0n) is 10.1. The van der Waals surface area contributed by atoms with Crippen LogP contribution in [0, 0.1) is 0 Å². The van der Waals surface area contributed by atoms with Crippen LogP contribution in [0.4, 0.5) is 0 Å². The van der Waals surface area contributed by atoms with Gasteiger partial charge in [0.2, 0.25) is 5.75 Å². The van der Waals surface area contributed by atoms with Gasteiger partial charge in [-0.1, -0.05) is 0 Å². The van der Waals surface area contributed by atoms with Gasteiger partial charge >= 0.3 is 0 Å². The predicted molar refractivity (Wildman–Crippen MR) is 62.1 cm³/mol. The number of fused-ring (bicyclic) bond motifs is 1. The van der Waals surface area contributed by atoms with E-state index in [1.54, 1.807) is 20.3 Å². The Morgan fingerprint density at radius 1 is 1.06 bits per heavy atom. The first-order valence-electron chi connectivity index (χ1n) is 5.28. The Labute approximate surface area is 99.7 Å². The normalized spacial score (nSPS) is 14.2. The van der Waals surface area contributed by atoms with E-state index in [0.29, 0.717) is 35.9 Å². The van der Waals surface area contributed by atoms with E-state index in [9.17, 15) is 4.79 Å². The first kappa shape index (κ1) is 11.7. The average Bonchev–Trinajstić information content (AvgIpc) is 2.36. The van der Waals surface area contributed by atoms with E-state index in [1.807, 2.05) is 0 Å². The number of hydrogen-bond donors (Lipinski definition) is 1. The molecule has 5 nitrogen and oxygen atoms in total. The smallest absolute Gasteiger partial charge is 0.203 e. The SMILES string of the molecule is COc1cc2c(c(OC)c1OC)CNCC2=O. The van der Waals surface area contributed by atoms with Crippen LogP contribution in [0.1, 0.15) is 15.9 Å². The second kappa shape index (κ2) is 4.63. The molecule has 0 bridgehead atoms. The van der Waals surface area contributed by atoms with Crippen molar-refractivity contribution in [1.29, 1.82) is 0 Å². The van der Waals surface area contributed by atoms with Crippen molar-refractivity contribution in [2.24, 2.45) is 0 Å². The molecule has 1 heterocycles. The molecule has 0 atom stereocenters. The molecule has 0 fully saturated rings. The van der Waals surface area contributed by atoms with Crippen molar-refractivity contribution in [3.05, 3.63) is 17.2 Å². The van der Waals surface area contributed by atoms with Gasteiger partial charge in [0.1, 0.15) is 0 Å². The van der Waals surface area contributed by atoms with Gasteiger partial charge in [0.15, 0.2) is 17.3 Å². The van der Waals surface area contributed by atoms with Gasteiger partial charge in [-0.15, -0.1) is 0 Å². The summed E-state index contributed by atoms with van der Waals surface area (Å²) in [7, 11) is 4.64. The van der Waals surface area contributed by atoms with Crippen molar-refractivity contribution < 1.29 is 19.0 Å². The quantitative estimate of drug-likeness (QED) is 0.849. The second-order valence-electron chi connectivity index (χ2n) is 3.70. The zero-order chi connectivity index (χ0) is 12.4. The number of ketones is 1. The summed E-state index contributed by atoms with van der Waals surface area (Å²) < 4.78 is 15.8. The number of Topliss-reactive ketones (excluding diaryl/α,β-unsaturated/α-hetero) is 1. The van der Waals surface area contributed by atoms with Crippen LogP contribution in [0.2, 0.25) is 0 Å². The third kappa shape index (κ3) is 1.82. The highest BCUT2D eigenvalue weighted by Crippen LogP contribution is 2.42. The Balaban J connectivity index is 2.68. The number of rotatable bonds is 3. The molecule has 0 saturated heterocycles. The van der Waals surface area contributed by atoms with Crippen molar-refractivity contribution in [3.63, 3.8) is 0 Å². The lowest BCUT2D eigenvalue weighted by Gasteiger charge is -2.22. The lowest BCUT2D eigenvalue weighted by atomic mass is 9.98. The summed E-state index contributed by atoms with van der Waals surface area (Å²) in [5, 5.41) is 3.03. The van der Waals surface area contributed by atoms with E-state index in [2.05, 4.69) is 5.32 Å².